The van der Waals surface area contributed by atoms with Crippen LogP contribution in [0.3, 0.4) is 0 Å². The number of amides is 3. The lowest BCUT2D eigenvalue weighted by molar-refractivity contribution is -0.138. The SMILES string of the molecule is C[C@@H](CCC(=O)O)C(=O)NC(Cc1ccc(C(F)(F)P(=O)(O)O)cc1)C(=O)NC(Cc1ccc(C(F)(F)P(=O)(O)O)cc1)C(N)=O. The topological polar surface area (TPSA) is 254 Å². The number of aliphatic carboxylic acids is 1. The number of carboxylic acids is 1. The van der Waals surface area contributed by atoms with E-state index in [1.165, 1.54) is 6.92 Å². The quantitative estimate of drug-likeness (QED) is 0.0927. The van der Waals surface area contributed by atoms with Crippen molar-refractivity contribution >= 4 is 38.9 Å². The van der Waals surface area contributed by atoms with Gasteiger partial charge in [-0.1, -0.05) is 55.5 Å². The van der Waals surface area contributed by atoms with E-state index in [-0.39, 0.29) is 24.0 Å². The van der Waals surface area contributed by atoms with Crippen LogP contribution in [0.15, 0.2) is 48.5 Å². The van der Waals surface area contributed by atoms with Gasteiger partial charge < -0.3 is 41.0 Å². The van der Waals surface area contributed by atoms with Gasteiger partial charge in [0.1, 0.15) is 12.1 Å². The fraction of sp³-hybridized carbons (Fsp3) is 0.385. The number of primary amides is 1. The molecule has 2 aromatic rings. The molecule has 20 heteroatoms. The van der Waals surface area contributed by atoms with Crippen molar-refractivity contribution in [1.29, 1.82) is 0 Å². The summed E-state index contributed by atoms with van der Waals surface area (Å²) in [4.78, 5) is 84.9. The fourth-order valence-corrected chi connectivity index (χ4v) is 4.95. The standard InChI is InChI=1S/C26H31F4N3O11P2/c1-14(2-11-21(34)35)23(37)33-20(13-16-5-9-18(10-6-16)26(29,30)46(42,43)44)24(38)32-19(22(31)36)12-15-3-7-17(8-4-15)25(27,28)45(39,40)41/h3-10,14,19-20H,2,11-13H2,1H3,(H2,31,36)(H,32,38)(H,33,37)(H,34,35)(H2,39,40,41)(H2,42,43,44)/t14-,19?,20?/m0/s1. The number of carboxylic acid groups (broad SMARTS) is 1. The first-order valence-electron chi connectivity index (χ1n) is 13.1. The summed E-state index contributed by atoms with van der Waals surface area (Å²) in [5.41, 5.74) is -5.44. The molecule has 0 saturated carbocycles. The lowest BCUT2D eigenvalue weighted by Crippen LogP contribution is -2.55. The summed E-state index contributed by atoms with van der Waals surface area (Å²) < 4.78 is 78.4. The maximum Gasteiger partial charge on any atom is 0.399 e. The van der Waals surface area contributed by atoms with Crippen molar-refractivity contribution in [1.82, 2.24) is 10.6 Å². The molecule has 2 rings (SSSR count). The van der Waals surface area contributed by atoms with Crippen molar-refractivity contribution in [3.63, 3.8) is 0 Å². The van der Waals surface area contributed by atoms with Crippen molar-refractivity contribution in [2.24, 2.45) is 11.7 Å². The largest absolute Gasteiger partial charge is 0.481 e. The molecule has 0 spiro atoms. The predicted octanol–water partition coefficient (Wildman–Crippen LogP) is 1.88. The number of hydrogen-bond donors (Lipinski definition) is 8. The zero-order valence-corrected chi connectivity index (χ0v) is 25.6. The van der Waals surface area contributed by atoms with Gasteiger partial charge in [-0.15, -0.1) is 0 Å². The van der Waals surface area contributed by atoms with Gasteiger partial charge in [-0.3, -0.25) is 28.3 Å². The van der Waals surface area contributed by atoms with Crippen molar-refractivity contribution in [3.05, 3.63) is 70.8 Å². The Morgan fingerprint density at radius 1 is 0.739 bits per heavy atom. The van der Waals surface area contributed by atoms with E-state index in [1.807, 2.05) is 0 Å². The number of alkyl halides is 4. The number of carbonyl (C=O) groups is 4. The van der Waals surface area contributed by atoms with Crippen LogP contribution < -0.4 is 16.4 Å². The summed E-state index contributed by atoms with van der Waals surface area (Å²) in [6.07, 6.45) is -1.32. The Balaban J connectivity index is 2.32. The second kappa shape index (κ2) is 14.8. The molecule has 46 heavy (non-hydrogen) atoms. The van der Waals surface area contributed by atoms with Crippen LogP contribution >= 0.6 is 15.2 Å². The molecule has 0 aliphatic heterocycles. The van der Waals surface area contributed by atoms with Crippen molar-refractivity contribution < 1.29 is 70.6 Å². The maximum absolute atomic E-state index is 14.1. The van der Waals surface area contributed by atoms with Gasteiger partial charge in [0.15, 0.2) is 0 Å². The molecular formula is C26H31F4N3O11P2. The predicted molar refractivity (Wildman–Crippen MR) is 151 cm³/mol. The third-order valence-corrected chi connectivity index (χ3v) is 8.73. The first-order chi connectivity index (χ1) is 21.0. The smallest absolute Gasteiger partial charge is 0.399 e. The van der Waals surface area contributed by atoms with Gasteiger partial charge in [0.2, 0.25) is 17.7 Å². The van der Waals surface area contributed by atoms with Crippen molar-refractivity contribution in [2.75, 3.05) is 0 Å². The minimum Gasteiger partial charge on any atom is -0.481 e. The third-order valence-electron chi connectivity index (χ3n) is 6.75. The summed E-state index contributed by atoms with van der Waals surface area (Å²) in [7, 11) is -11.7. The van der Waals surface area contributed by atoms with Crippen LogP contribution in [0.25, 0.3) is 0 Å². The van der Waals surface area contributed by atoms with Crippen LogP contribution in [-0.4, -0.2) is 60.5 Å². The minimum absolute atomic E-state index is 0.112. The Morgan fingerprint density at radius 3 is 1.46 bits per heavy atom. The Hall–Kier alpha value is -3.66. The fourth-order valence-electron chi connectivity index (χ4n) is 3.98. The van der Waals surface area contributed by atoms with Crippen LogP contribution in [0.4, 0.5) is 17.6 Å². The summed E-state index contributed by atoms with van der Waals surface area (Å²) in [5.74, 6) is -5.04. The average molecular weight is 699 g/mol. The summed E-state index contributed by atoms with van der Waals surface area (Å²) in [5, 5.41) is 13.6. The van der Waals surface area contributed by atoms with Crippen LogP contribution in [0, 0.1) is 5.92 Å². The molecule has 0 heterocycles. The Morgan fingerprint density at radius 2 is 1.11 bits per heavy atom. The second-order valence-corrected chi connectivity index (χ2v) is 13.6. The van der Waals surface area contributed by atoms with Gasteiger partial charge in [-0.05, 0) is 17.5 Å². The number of halogens is 4. The molecule has 0 aliphatic carbocycles. The molecule has 9 N–H and O–H groups in total. The van der Waals surface area contributed by atoms with Gasteiger partial charge in [-0.25, -0.2) is 0 Å². The summed E-state index contributed by atoms with van der Waals surface area (Å²) in [6, 6.07) is 3.82. The number of hydrogen-bond acceptors (Lipinski definition) is 6. The molecule has 0 aliphatic rings. The first-order valence-corrected chi connectivity index (χ1v) is 16.4. The van der Waals surface area contributed by atoms with E-state index >= 15 is 0 Å². The van der Waals surface area contributed by atoms with Crippen molar-refractivity contribution in [2.45, 2.75) is 56.0 Å². The van der Waals surface area contributed by atoms with E-state index in [2.05, 4.69) is 10.6 Å². The number of rotatable bonds is 16. The number of nitrogens with one attached hydrogen (secondary N) is 2. The van der Waals surface area contributed by atoms with Gasteiger partial charge in [-0.2, -0.15) is 17.6 Å². The normalized spacial score (nSPS) is 14.5. The van der Waals surface area contributed by atoms with Gasteiger partial charge in [0.05, 0.1) is 0 Å². The van der Waals surface area contributed by atoms with Gasteiger partial charge in [0, 0.05) is 36.3 Å². The summed E-state index contributed by atoms with van der Waals surface area (Å²) >= 11 is 0. The second-order valence-electron chi connectivity index (χ2n) is 10.3. The molecule has 0 fully saturated rings. The van der Waals surface area contributed by atoms with E-state index in [4.69, 9.17) is 30.4 Å². The summed E-state index contributed by atoms with van der Waals surface area (Å²) in [6.45, 7) is 1.37. The minimum atomic E-state index is -5.88. The molecule has 14 nitrogen and oxygen atoms in total. The number of nitrogens with two attached hydrogens (primary N) is 1. The van der Waals surface area contributed by atoms with E-state index in [9.17, 15) is 45.9 Å². The van der Waals surface area contributed by atoms with E-state index < -0.39 is 92.2 Å². The molecule has 3 amide bonds. The highest BCUT2D eigenvalue weighted by Crippen LogP contribution is 2.60. The molecule has 2 aromatic carbocycles. The zero-order valence-electron chi connectivity index (χ0n) is 23.8. The zero-order chi connectivity index (χ0) is 35.3. The Bertz CT molecular complexity index is 1530. The van der Waals surface area contributed by atoms with Crippen LogP contribution in [0.1, 0.15) is 42.0 Å². The molecular weight excluding hydrogens is 668 g/mol. The lowest BCUT2D eigenvalue weighted by Gasteiger charge is -2.24. The van der Waals surface area contributed by atoms with E-state index in [0.717, 1.165) is 24.3 Å². The van der Waals surface area contributed by atoms with Gasteiger partial charge in [0.25, 0.3) is 0 Å². The monoisotopic (exact) mass is 699 g/mol. The van der Waals surface area contributed by atoms with E-state index in [0.29, 0.717) is 24.3 Å². The molecule has 0 aromatic heterocycles. The third kappa shape index (κ3) is 9.92. The van der Waals surface area contributed by atoms with E-state index in [1.54, 1.807) is 0 Å². The van der Waals surface area contributed by atoms with Crippen LogP contribution in [0.2, 0.25) is 0 Å². The molecule has 3 atom stereocenters. The number of benzene rings is 2. The highest BCUT2D eigenvalue weighted by atomic mass is 31.2. The maximum atomic E-state index is 14.1. The molecule has 0 saturated heterocycles. The van der Waals surface area contributed by atoms with Gasteiger partial charge >= 0.3 is 32.5 Å². The number of carbonyl (C=O) groups excluding carboxylic acids is 3. The molecule has 0 bridgehead atoms. The van der Waals surface area contributed by atoms with Crippen LogP contribution in [-0.2, 0) is 52.5 Å². The highest BCUT2D eigenvalue weighted by Gasteiger charge is 2.51. The van der Waals surface area contributed by atoms with Crippen LogP contribution in [0.5, 0.6) is 0 Å². The Kier molecular flexibility index (Phi) is 12.4. The average Bonchev–Trinajstić information content (AvgIpc) is 2.94. The Labute approximate surface area is 258 Å². The molecule has 254 valence electrons. The highest BCUT2D eigenvalue weighted by molar-refractivity contribution is 7.52. The molecule has 0 radical (unpaired) electrons. The first kappa shape index (κ1) is 38.5. The molecule has 2 unspecified atom stereocenters. The van der Waals surface area contributed by atoms with Crippen molar-refractivity contribution in [3.8, 4) is 0 Å². The lowest BCUT2D eigenvalue weighted by atomic mass is 9.99.